The van der Waals surface area contributed by atoms with Crippen LogP contribution in [0.3, 0.4) is 0 Å². The molecule has 1 saturated heterocycles. The number of rotatable bonds is 1. The predicted octanol–water partition coefficient (Wildman–Crippen LogP) is 1.93. The fraction of sp³-hybridized carbons (Fsp3) is 0.500. The van der Waals surface area contributed by atoms with Gasteiger partial charge in [-0.25, -0.2) is 4.98 Å². The van der Waals surface area contributed by atoms with Crippen LogP contribution in [0.2, 0.25) is 0 Å². The standard InChI is InChI=1S/C12H16N2O/c1-9-7-10(2)13-11(8-9)12(15)14-5-3-4-6-14/h7-8H,3-6H2,1-2H3. The van der Waals surface area contributed by atoms with Crippen molar-refractivity contribution in [1.82, 2.24) is 9.88 Å². The van der Waals surface area contributed by atoms with Crippen molar-refractivity contribution in [3.05, 3.63) is 29.1 Å². The molecule has 1 aromatic rings. The van der Waals surface area contributed by atoms with E-state index in [0.29, 0.717) is 5.69 Å². The predicted molar refractivity (Wildman–Crippen MR) is 58.8 cm³/mol. The maximum Gasteiger partial charge on any atom is 0.272 e. The summed E-state index contributed by atoms with van der Waals surface area (Å²) in [5.74, 6) is 0.0827. The molecular formula is C12H16N2O. The average Bonchev–Trinajstić information content (AvgIpc) is 2.67. The molecule has 2 heterocycles. The summed E-state index contributed by atoms with van der Waals surface area (Å²) in [5.41, 5.74) is 2.61. The van der Waals surface area contributed by atoms with Gasteiger partial charge in [0, 0.05) is 18.8 Å². The van der Waals surface area contributed by atoms with E-state index in [2.05, 4.69) is 4.98 Å². The number of pyridine rings is 1. The lowest BCUT2D eigenvalue weighted by Gasteiger charge is -2.14. The maximum atomic E-state index is 12.0. The third kappa shape index (κ3) is 2.17. The third-order valence-electron chi connectivity index (χ3n) is 2.71. The number of likely N-dealkylation sites (tertiary alicyclic amines) is 1. The molecule has 1 fully saturated rings. The van der Waals surface area contributed by atoms with Crippen molar-refractivity contribution < 1.29 is 4.79 Å². The van der Waals surface area contributed by atoms with Crippen LogP contribution in [0.1, 0.15) is 34.6 Å². The monoisotopic (exact) mass is 204 g/mol. The van der Waals surface area contributed by atoms with Crippen LogP contribution in [-0.2, 0) is 0 Å². The fourth-order valence-corrected chi connectivity index (χ4v) is 2.03. The molecule has 3 nitrogen and oxygen atoms in total. The van der Waals surface area contributed by atoms with Gasteiger partial charge >= 0.3 is 0 Å². The Morgan fingerprint density at radius 2 is 1.93 bits per heavy atom. The maximum absolute atomic E-state index is 12.0. The van der Waals surface area contributed by atoms with Gasteiger partial charge in [-0.15, -0.1) is 0 Å². The van der Waals surface area contributed by atoms with Gasteiger partial charge in [0.1, 0.15) is 5.69 Å². The zero-order valence-corrected chi connectivity index (χ0v) is 9.29. The first kappa shape index (κ1) is 10.1. The second-order valence-electron chi connectivity index (χ2n) is 4.17. The van der Waals surface area contributed by atoms with E-state index in [4.69, 9.17) is 0 Å². The SMILES string of the molecule is Cc1cc(C)nc(C(=O)N2CCCC2)c1. The molecule has 1 amide bonds. The van der Waals surface area contributed by atoms with E-state index in [-0.39, 0.29) is 5.91 Å². The van der Waals surface area contributed by atoms with Crippen molar-refractivity contribution in [3.63, 3.8) is 0 Å². The highest BCUT2D eigenvalue weighted by Gasteiger charge is 2.20. The molecule has 0 aromatic carbocycles. The summed E-state index contributed by atoms with van der Waals surface area (Å²) in [6, 6.07) is 3.86. The molecule has 0 spiro atoms. The summed E-state index contributed by atoms with van der Waals surface area (Å²) in [4.78, 5) is 18.2. The minimum absolute atomic E-state index is 0.0827. The summed E-state index contributed by atoms with van der Waals surface area (Å²) in [7, 11) is 0. The van der Waals surface area contributed by atoms with E-state index >= 15 is 0 Å². The smallest absolute Gasteiger partial charge is 0.272 e. The molecule has 0 saturated carbocycles. The lowest BCUT2D eigenvalue weighted by molar-refractivity contribution is 0.0786. The first-order valence-corrected chi connectivity index (χ1v) is 5.41. The Labute approximate surface area is 90.1 Å². The lowest BCUT2D eigenvalue weighted by Crippen LogP contribution is -2.28. The summed E-state index contributed by atoms with van der Waals surface area (Å²) >= 11 is 0. The molecule has 0 N–H and O–H groups in total. The molecule has 1 aromatic heterocycles. The Kier molecular flexibility index (Phi) is 2.71. The van der Waals surface area contributed by atoms with Crippen molar-refractivity contribution >= 4 is 5.91 Å². The molecule has 1 aliphatic rings. The molecule has 80 valence electrons. The summed E-state index contributed by atoms with van der Waals surface area (Å²) in [6.07, 6.45) is 2.24. The van der Waals surface area contributed by atoms with Crippen molar-refractivity contribution in [2.75, 3.05) is 13.1 Å². The molecule has 0 unspecified atom stereocenters. The van der Waals surface area contributed by atoms with Gasteiger partial charge in [0.05, 0.1) is 0 Å². The second-order valence-corrected chi connectivity index (χ2v) is 4.17. The van der Waals surface area contributed by atoms with Crippen molar-refractivity contribution in [2.24, 2.45) is 0 Å². The van der Waals surface area contributed by atoms with Crippen LogP contribution in [0, 0.1) is 13.8 Å². The van der Waals surface area contributed by atoms with Crippen molar-refractivity contribution in [3.8, 4) is 0 Å². The van der Waals surface area contributed by atoms with E-state index in [1.54, 1.807) is 0 Å². The molecule has 15 heavy (non-hydrogen) atoms. The Hall–Kier alpha value is -1.38. The van der Waals surface area contributed by atoms with Crippen LogP contribution in [0.15, 0.2) is 12.1 Å². The first-order chi connectivity index (χ1) is 7.16. The highest BCUT2D eigenvalue weighted by Crippen LogP contribution is 2.13. The highest BCUT2D eigenvalue weighted by molar-refractivity contribution is 5.92. The molecule has 3 heteroatoms. The molecule has 0 atom stereocenters. The van der Waals surface area contributed by atoms with Crippen LogP contribution >= 0.6 is 0 Å². The van der Waals surface area contributed by atoms with E-state index in [0.717, 1.165) is 37.2 Å². The zero-order chi connectivity index (χ0) is 10.8. The van der Waals surface area contributed by atoms with Crippen LogP contribution < -0.4 is 0 Å². The number of carbonyl (C=O) groups excluding carboxylic acids is 1. The minimum Gasteiger partial charge on any atom is -0.337 e. The van der Waals surface area contributed by atoms with Gasteiger partial charge in [-0.3, -0.25) is 4.79 Å². The Bertz CT molecular complexity index is 361. The number of aromatic nitrogens is 1. The topological polar surface area (TPSA) is 33.2 Å². The average molecular weight is 204 g/mol. The molecule has 2 rings (SSSR count). The van der Waals surface area contributed by atoms with Crippen LogP contribution in [0.25, 0.3) is 0 Å². The Morgan fingerprint density at radius 3 is 2.53 bits per heavy atom. The van der Waals surface area contributed by atoms with E-state index in [9.17, 15) is 4.79 Å². The van der Waals surface area contributed by atoms with Gasteiger partial charge in [0.25, 0.3) is 5.91 Å². The number of hydrogen-bond donors (Lipinski definition) is 0. The number of hydrogen-bond acceptors (Lipinski definition) is 2. The van der Waals surface area contributed by atoms with Crippen molar-refractivity contribution in [1.29, 1.82) is 0 Å². The second kappa shape index (κ2) is 4.01. The Morgan fingerprint density at radius 1 is 1.27 bits per heavy atom. The van der Waals surface area contributed by atoms with Gasteiger partial charge in [-0.1, -0.05) is 0 Å². The van der Waals surface area contributed by atoms with Gasteiger partial charge in [0.15, 0.2) is 0 Å². The zero-order valence-electron chi connectivity index (χ0n) is 9.29. The molecule has 0 radical (unpaired) electrons. The van der Waals surface area contributed by atoms with Gasteiger partial charge in [-0.05, 0) is 44.4 Å². The minimum atomic E-state index is 0.0827. The van der Waals surface area contributed by atoms with Crippen LogP contribution in [-0.4, -0.2) is 28.9 Å². The molecule has 0 bridgehead atoms. The molecule has 1 aliphatic heterocycles. The highest BCUT2D eigenvalue weighted by atomic mass is 16.2. The van der Waals surface area contributed by atoms with Crippen LogP contribution in [0.4, 0.5) is 0 Å². The van der Waals surface area contributed by atoms with E-state index in [1.165, 1.54) is 0 Å². The molecular weight excluding hydrogens is 188 g/mol. The number of nitrogens with zero attached hydrogens (tertiary/aromatic N) is 2. The third-order valence-corrected chi connectivity index (χ3v) is 2.71. The largest absolute Gasteiger partial charge is 0.337 e. The Balaban J connectivity index is 2.24. The van der Waals surface area contributed by atoms with Gasteiger partial charge in [0.2, 0.25) is 0 Å². The van der Waals surface area contributed by atoms with Gasteiger partial charge in [-0.2, -0.15) is 0 Å². The van der Waals surface area contributed by atoms with E-state index in [1.807, 2.05) is 30.9 Å². The normalized spacial score (nSPS) is 15.7. The molecule has 0 aliphatic carbocycles. The number of carbonyl (C=O) groups is 1. The summed E-state index contributed by atoms with van der Waals surface area (Å²) < 4.78 is 0. The first-order valence-electron chi connectivity index (χ1n) is 5.41. The fourth-order valence-electron chi connectivity index (χ4n) is 2.03. The van der Waals surface area contributed by atoms with Crippen LogP contribution in [0.5, 0.6) is 0 Å². The van der Waals surface area contributed by atoms with Gasteiger partial charge < -0.3 is 4.90 Å². The van der Waals surface area contributed by atoms with E-state index < -0.39 is 0 Å². The quantitative estimate of drug-likeness (QED) is 0.700. The lowest BCUT2D eigenvalue weighted by atomic mass is 10.2. The van der Waals surface area contributed by atoms with Crippen molar-refractivity contribution in [2.45, 2.75) is 26.7 Å². The number of aryl methyl sites for hydroxylation is 2. The number of amides is 1. The summed E-state index contributed by atoms with van der Waals surface area (Å²) in [6.45, 7) is 5.68. The summed E-state index contributed by atoms with van der Waals surface area (Å²) in [5, 5.41) is 0.